The Hall–Kier alpha value is -1.92. The highest BCUT2D eigenvalue weighted by Crippen LogP contribution is 2.21. The molecule has 1 unspecified atom stereocenters. The van der Waals surface area contributed by atoms with Crippen molar-refractivity contribution in [1.29, 1.82) is 0 Å². The average molecular weight is 541 g/mol. The molecule has 1 aromatic carbocycles. The van der Waals surface area contributed by atoms with Crippen LogP contribution in [0.4, 0.5) is 5.69 Å². The fraction of sp³-hybridized carbons (Fsp3) is 0.571. The summed E-state index contributed by atoms with van der Waals surface area (Å²) in [6.45, 7) is 5.36. The molecule has 170 valence electrons. The highest BCUT2D eigenvalue weighted by atomic mass is 127. The molecule has 0 bridgehead atoms. The second-order valence-electron chi connectivity index (χ2n) is 7.59. The van der Waals surface area contributed by atoms with Gasteiger partial charge in [-0.3, -0.25) is 4.99 Å². The number of nitrogens with one attached hydrogen (secondary N) is 2. The first kappa shape index (κ1) is 23.7. The zero-order valence-corrected chi connectivity index (χ0v) is 20.5. The molecule has 0 amide bonds. The van der Waals surface area contributed by atoms with E-state index in [0.717, 1.165) is 63.3 Å². The lowest BCUT2D eigenvalue weighted by Gasteiger charge is -2.31. The van der Waals surface area contributed by atoms with Gasteiger partial charge in [0.1, 0.15) is 12.4 Å². The van der Waals surface area contributed by atoms with Gasteiger partial charge in [-0.2, -0.15) is 5.10 Å². The van der Waals surface area contributed by atoms with Crippen LogP contribution in [0, 0.1) is 0 Å². The summed E-state index contributed by atoms with van der Waals surface area (Å²) in [7, 11) is 3.47. The van der Waals surface area contributed by atoms with Crippen LogP contribution in [-0.2, 0) is 35.6 Å². The number of hydrogen-bond acceptors (Lipinski definition) is 6. The molecule has 4 rings (SSSR count). The Morgan fingerprint density at radius 1 is 1.29 bits per heavy atom. The first-order valence-electron chi connectivity index (χ1n) is 10.6. The van der Waals surface area contributed by atoms with Crippen LogP contribution < -0.4 is 15.5 Å². The van der Waals surface area contributed by atoms with Gasteiger partial charge >= 0.3 is 0 Å². The molecule has 1 aromatic heterocycles. The number of benzene rings is 1. The molecule has 2 aliphatic rings. The monoisotopic (exact) mass is 541 g/mol. The van der Waals surface area contributed by atoms with E-state index in [4.69, 9.17) is 9.47 Å². The number of aromatic nitrogens is 3. The summed E-state index contributed by atoms with van der Waals surface area (Å²) in [6.07, 6.45) is 1.89. The van der Waals surface area contributed by atoms with E-state index < -0.39 is 0 Å². The Morgan fingerprint density at radius 2 is 2.10 bits per heavy atom. The Kier molecular flexibility index (Phi) is 8.90. The highest BCUT2D eigenvalue weighted by Gasteiger charge is 2.22. The van der Waals surface area contributed by atoms with E-state index in [9.17, 15) is 0 Å². The number of ether oxygens (including phenoxy) is 2. The largest absolute Gasteiger partial charge is 0.378 e. The van der Waals surface area contributed by atoms with Crippen molar-refractivity contribution in [3.8, 4) is 0 Å². The van der Waals surface area contributed by atoms with Crippen LogP contribution in [0.15, 0.2) is 29.3 Å². The maximum absolute atomic E-state index is 5.50. The lowest BCUT2D eigenvalue weighted by molar-refractivity contribution is 0.122. The third-order valence-corrected chi connectivity index (χ3v) is 5.53. The van der Waals surface area contributed by atoms with Crippen molar-refractivity contribution in [3.63, 3.8) is 0 Å². The quantitative estimate of drug-likeness (QED) is 0.326. The molecule has 1 fully saturated rings. The molecular weight excluding hydrogens is 509 g/mol. The smallest absolute Gasteiger partial charge is 0.191 e. The van der Waals surface area contributed by atoms with Crippen LogP contribution in [0.3, 0.4) is 0 Å². The van der Waals surface area contributed by atoms with Gasteiger partial charge in [0, 0.05) is 51.9 Å². The van der Waals surface area contributed by atoms with Gasteiger partial charge < -0.3 is 25.0 Å². The van der Waals surface area contributed by atoms with Crippen molar-refractivity contribution in [2.24, 2.45) is 4.99 Å². The van der Waals surface area contributed by atoms with Crippen molar-refractivity contribution in [2.75, 3.05) is 45.4 Å². The van der Waals surface area contributed by atoms with Crippen LogP contribution in [-0.4, -0.2) is 67.2 Å². The van der Waals surface area contributed by atoms with Crippen LogP contribution in [0.2, 0.25) is 0 Å². The van der Waals surface area contributed by atoms with E-state index in [-0.39, 0.29) is 30.0 Å². The maximum atomic E-state index is 5.50. The molecule has 9 nitrogen and oxygen atoms in total. The van der Waals surface area contributed by atoms with Gasteiger partial charge in [-0.15, -0.1) is 24.0 Å². The van der Waals surface area contributed by atoms with E-state index in [1.807, 2.05) is 11.7 Å². The van der Waals surface area contributed by atoms with Gasteiger partial charge in [-0.25, -0.2) is 9.67 Å². The SMILES string of the molecule is CN=C(NCc1ccccc1N1CCOCC1)NC1CCc2nc(COC)nn2C1.I. The van der Waals surface area contributed by atoms with Crippen molar-refractivity contribution in [1.82, 2.24) is 25.4 Å². The minimum atomic E-state index is 0. The number of halogens is 1. The molecule has 2 aliphatic heterocycles. The summed E-state index contributed by atoms with van der Waals surface area (Å²) in [4.78, 5) is 11.4. The molecule has 0 aliphatic carbocycles. The van der Waals surface area contributed by atoms with Crippen LogP contribution >= 0.6 is 24.0 Å². The summed E-state index contributed by atoms with van der Waals surface area (Å²) in [5, 5.41) is 11.6. The number of morpholine rings is 1. The molecule has 31 heavy (non-hydrogen) atoms. The van der Waals surface area contributed by atoms with Gasteiger partial charge in [0.2, 0.25) is 0 Å². The van der Waals surface area contributed by atoms with Gasteiger partial charge in [0.05, 0.1) is 19.8 Å². The zero-order chi connectivity index (χ0) is 20.8. The molecule has 0 saturated carbocycles. The minimum absolute atomic E-state index is 0. The first-order chi connectivity index (χ1) is 14.8. The van der Waals surface area contributed by atoms with E-state index in [2.05, 4.69) is 54.9 Å². The Labute approximate surface area is 200 Å². The highest BCUT2D eigenvalue weighted by molar-refractivity contribution is 14.0. The van der Waals surface area contributed by atoms with Crippen molar-refractivity contribution >= 4 is 35.6 Å². The molecule has 1 atom stereocenters. The molecular formula is C21H32IN7O2. The number of anilines is 1. The number of para-hydroxylation sites is 1. The summed E-state index contributed by atoms with van der Waals surface area (Å²) in [5.41, 5.74) is 2.52. The lowest BCUT2D eigenvalue weighted by Crippen LogP contribution is -2.47. The van der Waals surface area contributed by atoms with E-state index >= 15 is 0 Å². The minimum Gasteiger partial charge on any atom is -0.378 e. The number of aryl methyl sites for hydroxylation is 1. The van der Waals surface area contributed by atoms with Crippen LogP contribution in [0.1, 0.15) is 23.6 Å². The van der Waals surface area contributed by atoms with Crippen molar-refractivity contribution < 1.29 is 9.47 Å². The van der Waals surface area contributed by atoms with Crippen molar-refractivity contribution in [3.05, 3.63) is 41.5 Å². The number of hydrogen-bond donors (Lipinski definition) is 2. The number of fused-ring (bicyclic) bond motifs is 1. The number of guanidine groups is 1. The molecule has 0 spiro atoms. The predicted molar refractivity (Wildman–Crippen MR) is 131 cm³/mol. The first-order valence-corrected chi connectivity index (χ1v) is 10.6. The predicted octanol–water partition coefficient (Wildman–Crippen LogP) is 1.56. The Morgan fingerprint density at radius 3 is 2.87 bits per heavy atom. The van der Waals surface area contributed by atoms with Gasteiger partial charge in [-0.1, -0.05) is 18.2 Å². The van der Waals surface area contributed by atoms with Crippen LogP contribution in [0.25, 0.3) is 0 Å². The van der Waals surface area contributed by atoms with Gasteiger partial charge in [0.15, 0.2) is 11.8 Å². The summed E-state index contributed by atoms with van der Waals surface area (Å²) in [5.74, 6) is 2.58. The normalized spacial score (nSPS) is 18.8. The van der Waals surface area contributed by atoms with E-state index in [0.29, 0.717) is 13.2 Å². The Bertz CT molecular complexity index is 867. The zero-order valence-electron chi connectivity index (χ0n) is 18.2. The average Bonchev–Trinajstić information content (AvgIpc) is 3.19. The number of nitrogens with zero attached hydrogens (tertiary/aromatic N) is 5. The summed E-state index contributed by atoms with van der Waals surface area (Å²) in [6, 6.07) is 8.79. The number of aliphatic imine (C=N–C) groups is 1. The van der Waals surface area contributed by atoms with E-state index in [1.165, 1.54) is 11.3 Å². The molecule has 0 radical (unpaired) electrons. The Balaban J connectivity index is 0.00000272. The summed E-state index contributed by atoms with van der Waals surface area (Å²) >= 11 is 0. The van der Waals surface area contributed by atoms with Gasteiger partial charge in [0.25, 0.3) is 0 Å². The topological polar surface area (TPSA) is 88.8 Å². The third-order valence-electron chi connectivity index (χ3n) is 5.53. The van der Waals surface area contributed by atoms with Gasteiger partial charge in [-0.05, 0) is 18.1 Å². The fourth-order valence-corrected chi connectivity index (χ4v) is 4.01. The fourth-order valence-electron chi connectivity index (χ4n) is 4.01. The molecule has 1 saturated heterocycles. The molecule has 3 heterocycles. The third kappa shape index (κ3) is 6.07. The second-order valence-corrected chi connectivity index (χ2v) is 7.59. The van der Waals surface area contributed by atoms with Crippen LogP contribution in [0.5, 0.6) is 0 Å². The lowest BCUT2D eigenvalue weighted by atomic mass is 10.1. The van der Waals surface area contributed by atoms with E-state index in [1.54, 1.807) is 7.11 Å². The molecule has 10 heteroatoms. The summed E-state index contributed by atoms with van der Waals surface area (Å²) < 4.78 is 12.6. The molecule has 2 aromatic rings. The standard InChI is InChI=1S/C21H31N7O2.HI/c1-22-21(24-17-7-8-20-25-19(15-29-2)26-28(20)14-17)23-13-16-5-3-4-6-18(16)27-9-11-30-12-10-27;/h3-6,17H,7-15H2,1-2H3,(H2,22,23,24);1H. The maximum Gasteiger partial charge on any atom is 0.191 e. The van der Waals surface area contributed by atoms with Crippen molar-refractivity contribution in [2.45, 2.75) is 38.6 Å². The second kappa shape index (κ2) is 11.6. The number of methoxy groups -OCH3 is 1. The molecule has 2 N–H and O–H groups in total. The number of rotatable bonds is 6.